The molecule has 14 heavy (non-hydrogen) atoms. The number of esters is 1. The quantitative estimate of drug-likeness (QED) is 0.656. The lowest BCUT2D eigenvalue weighted by atomic mass is 9.93. The summed E-state index contributed by atoms with van der Waals surface area (Å²) in [6.07, 6.45) is 1.76. The molecule has 0 spiro atoms. The first-order valence-electron chi connectivity index (χ1n) is 4.41. The van der Waals surface area contributed by atoms with E-state index in [1.54, 1.807) is 6.20 Å². The first-order valence-corrected chi connectivity index (χ1v) is 4.41. The predicted octanol–water partition coefficient (Wildman–Crippen LogP) is 0.749. The van der Waals surface area contributed by atoms with Crippen LogP contribution >= 0.6 is 0 Å². The first-order chi connectivity index (χ1) is 6.43. The van der Waals surface area contributed by atoms with Crippen molar-refractivity contribution in [2.24, 2.45) is 0 Å². The number of hydrogen-bond donors (Lipinski definition) is 0. The smallest absolute Gasteiger partial charge is 0.327 e. The Morgan fingerprint density at radius 2 is 2.21 bits per heavy atom. The molecule has 0 saturated heterocycles. The molecule has 5 nitrogen and oxygen atoms in total. The van der Waals surface area contributed by atoms with Gasteiger partial charge < -0.3 is 4.74 Å². The van der Waals surface area contributed by atoms with E-state index in [9.17, 15) is 4.79 Å². The molecule has 0 radical (unpaired) electrons. The van der Waals surface area contributed by atoms with Gasteiger partial charge in [0.25, 0.3) is 0 Å². The molecule has 0 N–H and O–H groups in total. The van der Waals surface area contributed by atoms with E-state index in [4.69, 9.17) is 0 Å². The summed E-state index contributed by atoms with van der Waals surface area (Å²) in [5.74, 6) is -0.324. The van der Waals surface area contributed by atoms with Crippen LogP contribution in [-0.4, -0.2) is 28.1 Å². The topological polar surface area (TPSA) is 57.0 Å². The van der Waals surface area contributed by atoms with E-state index in [2.05, 4.69) is 15.0 Å². The molecular weight excluding hydrogens is 182 g/mol. The number of nitrogens with zero attached hydrogens (tertiary/aromatic N) is 3. The van der Waals surface area contributed by atoms with Crippen molar-refractivity contribution in [1.29, 1.82) is 0 Å². The van der Waals surface area contributed by atoms with Crippen molar-refractivity contribution in [3.63, 3.8) is 0 Å². The lowest BCUT2D eigenvalue weighted by Crippen LogP contribution is -2.13. The maximum Gasteiger partial charge on any atom is 0.327 e. The largest absolute Gasteiger partial charge is 0.468 e. The van der Waals surface area contributed by atoms with Gasteiger partial charge in [-0.1, -0.05) is 26.0 Å². The molecule has 0 aliphatic rings. The Kier molecular flexibility index (Phi) is 2.88. The summed E-state index contributed by atoms with van der Waals surface area (Å²) in [7, 11) is 1.35. The van der Waals surface area contributed by atoms with Crippen LogP contribution in [0.4, 0.5) is 0 Å². The van der Waals surface area contributed by atoms with E-state index < -0.39 is 0 Å². The maximum absolute atomic E-state index is 10.9. The number of carbonyl (C=O) groups is 1. The van der Waals surface area contributed by atoms with Gasteiger partial charge >= 0.3 is 5.97 Å². The van der Waals surface area contributed by atoms with E-state index in [-0.39, 0.29) is 17.9 Å². The van der Waals surface area contributed by atoms with Crippen LogP contribution in [0.2, 0.25) is 0 Å². The maximum atomic E-state index is 10.9. The van der Waals surface area contributed by atoms with Crippen LogP contribution in [0, 0.1) is 0 Å². The van der Waals surface area contributed by atoms with Gasteiger partial charge in [-0.2, -0.15) is 0 Å². The van der Waals surface area contributed by atoms with E-state index >= 15 is 0 Å². The molecule has 0 aliphatic carbocycles. The third kappa shape index (κ3) is 2.55. The van der Waals surface area contributed by atoms with E-state index in [0.29, 0.717) is 0 Å². The van der Waals surface area contributed by atoms with Gasteiger partial charge in [0, 0.05) is 11.6 Å². The fourth-order valence-electron chi connectivity index (χ4n) is 0.916. The summed E-state index contributed by atoms with van der Waals surface area (Å²) in [4.78, 5) is 10.9. The minimum absolute atomic E-state index is 0.0473. The Balaban J connectivity index is 2.74. The van der Waals surface area contributed by atoms with E-state index in [1.165, 1.54) is 11.8 Å². The van der Waals surface area contributed by atoms with Crippen molar-refractivity contribution in [2.75, 3.05) is 7.11 Å². The molecule has 5 heteroatoms. The highest BCUT2D eigenvalue weighted by Gasteiger charge is 2.18. The minimum atomic E-state index is -0.324. The van der Waals surface area contributed by atoms with Gasteiger partial charge in [0.1, 0.15) is 6.54 Å². The van der Waals surface area contributed by atoms with Gasteiger partial charge in [0.05, 0.1) is 12.8 Å². The highest BCUT2D eigenvalue weighted by molar-refractivity contribution is 5.68. The molecule has 0 amide bonds. The molecular formula is C9H15N3O2. The summed E-state index contributed by atoms with van der Waals surface area (Å²) in [6.45, 7) is 6.23. The molecule has 0 saturated carbocycles. The van der Waals surface area contributed by atoms with E-state index in [1.807, 2.05) is 20.8 Å². The number of aromatic nitrogens is 3. The van der Waals surface area contributed by atoms with Crippen molar-refractivity contribution >= 4 is 5.97 Å². The van der Waals surface area contributed by atoms with Crippen molar-refractivity contribution < 1.29 is 9.53 Å². The molecule has 0 fully saturated rings. The summed E-state index contributed by atoms with van der Waals surface area (Å²) in [5.41, 5.74) is 0.815. The SMILES string of the molecule is COC(=O)Cn1cc(C(C)(C)C)nn1. The fraction of sp³-hybridized carbons (Fsp3) is 0.667. The zero-order valence-corrected chi connectivity index (χ0v) is 8.94. The van der Waals surface area contributed by atoms with Crippen LogP contribution < -0.4 is 0 Å². The number of hydrogen-bond acceptors (Lipinski definition) is 4. The first kappa shape index (κ1) is 10.7. The van der Waals surface area contributed by atoms with Crippen LogP contribution in [0.5, 0.6) is 0 Å². The summed E-state index contributed by atoms with van der Waals surface area (Å²) in [5, 5.41) is 7.82. The van der Waals surface area contributed by atoms with Crippen LogP contribution in [0.15, 0.2) is 6.20 Å². The lowest BCUT2D eigenvalue weighted by Gasteiger charge is -2.12. The van der Waals surface area contributed by atoms with Gasteiger partial charge in [-0.3, -0.25) is 4.79 Å². The second kappa shape index (κ2) is 3.77. The molecule has 1 aromatic heterocycles. The van der Waals surface area contributed by atoms with Crippen LogP contribution in [0.25, 0.3) is 0 Å². The third-order valence-corrected chi connectivity index (χ3v) is 1.83. The summed E-state index contributed by atoms with van der Waals surface area (Å²) < 4.78 is 6.00. The highest BCUT2D eigenvalue weighted by Crippen LogP contribution is 2.18. The Morgan fingerprint density at radius 3 is 2.64 bits per heavy atom. The van der Waals surface area contributed by atoms with Gasteiger partial charge in [0.2, 0.25) is 0 Å². The molecule has 1 rings (SSSR count). The Hall–Kier alpha value is -1.39. The van der Waals surface area contributed by atoms with Gasteiger partial charge in [0.15, 0.2) is 0 Å². The van der Waals surface area contributed by atoms with Crippen molar-refractivity contribution in [3.8, 4) is 0 Å². The van der Waals surface area contributed by atoms with Crippen LogP contribution in [-0.2, 0) is 21.5 Å². The Morgan fingerprint density at radius 1 is 1.57 bits per heavy atom. The minimum Gasteiger partial charge on any atom is -0.468 e. The average Bonchev–Trinajstić information content (AvgIpc) is 2.51. The summed E-state index contributed by atoms with van der Waals surface area (Å²) >= 11 is 0. The van der Waals surface area contributed by atoms with Crippen molar-refractivity contribution in [2.45, 2.75) is 32.7 Å². The van der Waals surface area contributed by atoms with Crippen LogP contribution in [0.3, 0.4) is 0 Å². The zero-order chi connectivity index (χ0) is 10.8. The predicted molar refractivity (Wildman–Crippen MR) is 50.7 cm³/mol. The lowest BCUT2D eigenvalue weighted by molar-refractivity contribution is -0.141. The molecule has 1 heterocycles. The second-order valence-electron chi connectivity index (χ2n) is 4.13. The Labute approximate surface area is 83.1 Å². The van der Waals surface area contributed by atoms with Gasteiger partial charge in [-0.05, 0) is 0 Å². The average molecular weight is 197 g/mol. The van der Waals surface area contributed by atoms with Crippen molar-refractivity contribution in [3.05, 3.63) is 11.9 Å². The Bertz CT molecular complexity index is 325. The number of ether oxygens (including phenoxy) is 1. The van der Waals surface area contributed by atoms with Gasteiger partial charge in [-0.25, -0.2) is 4.68 Å². The molecule has 0 bridgehead atoms. The molecule has 0 aromatic carbocycles. The highest BCUT2D eigenvalue weighted by atomic mass is 16.5. The molecule has 0 unspecified atom stereocenters. The number of methoxy groups -OCH3 is 1. The monoisotopic (exact) mass is 197 g/mol. The van der Waals surface area contributed by atoms with Crippen LogP contribution in [0.1, 0.15) is 26.5 Å². The summed E-state index contributed by atoms with van der Waals surface area (Å²) in [6, 6.07) is 0. The third-order valence-electron chi connectivity index (χ3n) is 1.83. The molecule has 78 valence electrons. The van der Waals surface area contributed by atoms with E-state index in [0.717, 1.165) is 5.69 Å². The van der Waals surface area contributed by atoms with Crippen molar-refractivity contribution in [1.82, 2.24) is 15.0 Å². The number of rotatable bonds is 2. The number of carbonyl (C=O) groups excluding carboxylic acids is 1. The molecule has 1 aromatic rings. The normalized spacial score (nSPS) is 11.4. The van der Waals surface area contributed by atoms with Gasteiger partial charge in [-0.15, -0.1) is 5.10 Å². The second-order valence-corrected chi connectivity index (χ2v) is 4.13. The zero-order valence-electron chi connectivity index (χ0n) is 8.94. The molecule has 0 atom stereocenters. The molecule has 0 aliphatic heterocycles. The standard InChI is InChI=1S/C9H15N3O2/c1-9(2,3)7-5-12(11-10-7)6-8(13)14-4/h5H,6H2,1-4H3. The fourth-order valence-corrected chi connectivity index (χ4v) is 0.916.